The smallest absolute Gasteiger partial charge is 0.285 e. The van der Waals surface area contributed by atoms with Gasteiger partial charge in [0.1, 0.15) is 22.8 Å². The molecule has 0 bridgehead atoms. The fourth-order valence-corrected chi connectivity index (χ4v) is 3.13. The van der Waals surface area contributed by atoms with Crippen molar-refractivity contribution >= 4 is 23.2 Å². The predicted molar refractivity (Wildman–Crippen MR) is 97.9 cm³/mol. The first-order valence-corrected chi connectivity index (χ1v) is 8.65. The topological polar surface area (TPSA) is 127 Å². The van der Waals surface area contributed by atoms with Crippen LogP contribution in [-0.2, 0) is 0 Å². The highest BCUT2D eigenvalue weighted by atomic mass is 19.1. The van der Waals surface area contributed by atoms with E-state index in [1.807, 2.05) is 0 Å². The first-order valence-electron chi connectivity index (χ1n) is 8.65. The van der Waals surface area contributed by atoms with E-state index in [1.54, 1.807) is 0 Å². The van der Waals surface area contributed by atoms with Gasteiger partial charge in [0.2, 0.25) is 0 Å². The Kier molecular flexibility index (Phi) is 5.67. The van der Waals surface area contributed by atoms with Crippen LogP contribution in [0.5, 0.6) is 0 Å². The molecule has 2 amide bonds. The molecule has 1 fully saturated rings. The summed E-state index contributed by atoms with van der Waals surface area (Å²) in [5.41, 5.74) is -1.90. The fraction of sp³-hybridized carbons (Fsp3) is 0.222. The van der Waals surface area contributed by atoms with Crippen molar-refractivity contribution < 1.29 is 28.2 Å². The number of amides is 2. The average Bonchev–Trinajstić information content (AvgIpc) is 2.72. The summed E-state index contributed by atoms with van der Waals surface area (Å²) < 4.78 is 26.6. The van der Waals surface area contributed by atoms with Gasteiger partial charge >= 0.3 is 0 Å². The second-order valence-electron chi connectivity index (χ2n) is 6.42. The van der Waals surface area contributed by atoms with Gasteiger partial charge in [0.25, 0.3) is 23.2 Å². The van der Waals surface area contributed by atoms with Gasteiger partial charge in [0.15, 0.2) is 0 Å². The third-order valence-corrected chi connectivity index (χ3v) is 4.63. The van der Waals surface area contributed by atoms with E-state index in [4.69, 9.17) is 0 Å². The highest BCUT2D eigenvalue weighted by molar-refractivity contribution is 5.99. The summed E-state index contributed by atoms with van der Waals surface area (Å²) in [7, 11) is 0. The minimum absolute atomic E-state index is 0.00803. The van der Waals surface area contributed by atoms with E-state index < -0.39 is 44.7 Å². The van der Waals surface area contributed by atoms with E-state index in [0.717, 1.165) is 24.3 Å². The predicted octanol–water partition coefficient (Wildman–Crippen LogP) is 2.38. The fourth-order valence-electron chi connectivity index (χ4n) is 3.13. The van der Waals surface area contributed by atoms with Crippen LogP contribution in [-0.4, -0.2) is 57.6 Å². The Labute approximate surface area is 167 Å². The number of benzene rings is 2. The average molecular weight is 420 g/mol. The molecule has 0 aromatic heterocycles. The molecule has 2 aromatic rings. The Morgan fingerprint density at radius 3 is 1.37 bits per heavy atom. The maximum absolute atomic E-state index is 13.3. The maximum atomic E-state index is 13.3. The van der Waals surface area contributed by atoms with Crippen molar-refractivity contribution in [2.45, 2.75) is 0 Å². The zero-order valence-electron chi connectivity index (χ0n) is 15.3. The first-order chi connectivity index (χ1) is 14.2. The van der Waals surface area contributed by atoms with Crippen LogP contribution >= 0.6 is 0 Å². The number of piperazine rings is 1. The van der Waals surface area contributed by atoms with Gasteiger partial charge in [-0.25, -0.2) is 8.78 Å². The van der Waals surface area contributed by atoms with Crippen molar-refractivity contribution in [3.63, 3.8) is 0 Å². The van der Waals surface area contributed by atoms with Gasteiger partial charge < -0.3 is 9.80 Å². The van der Waals surface area contributed by atoms with Crippen LogP contribution in [0.25, 0.3) is 0 Å². The normalized spacial score (nSPS) is 13.8. The van der Waals surface area contributed by atoms with Crippen molar-refractivity contribution in [2.24, 2.45) is 0 Å². The Morgan fingerprint density at radius 2 is 1.07 bits per heavy atom. The van der Waals surface area contributed by atoms with Gasteiger partial charge in [0.05, 0.1) is 22.0 Å². The van der Waals surface area contributed by atoms with E-state index >= 15 is 0 Å². The zero-order valence-corrected chi connectivity index (χ0v) is 15.3. The Morgan fingerprint density at radius 1 is 0.733 bits per heavy atom. The van der Waals surface area contributed by atoms with Gasteiger partial charge in [-0.15, -0.1) is 0 Å². The molecule has 0 aliphatic carbocycles. The molecule has 0 radical (unpaired) electrons. The number of nitro groups is 2. The quantitative estimate of drug-likeness (QED) is 0.552. The van der Waals surface area contributed by atoms with Crippen molar-refractivity contribution in [2.75, 3.05) is 26.2 Å². The maximum Gasteiger partial charge on any atom is 0.285 e. The van der Waals surface area contributed by atoms with E-state index in [0.29, 0.717) is 12.1 Å². The molecule has 0 saturated carbocycles. The molecule has 30 heavy (non-hydrogen) atoms. The second-order valence-corrected chi connectivity index (χ2v) is 6.42. The minimum Gasteiger partial charge on any atom is -0.335 e. The lowest BCUT2D eigenvalue weighted by molar-refractivity contribution is -0.385. The summed E-state index contributed by atoms with van der Waals surface area (Å²) in [5.74, 6) is -3.09. The van der Waals surface area contributed by atoms with Gasteiger partial charge in [-0.3, -0.25) is 29.8 Å². The van der Waals surface area contributed by atoms with Crippen LogP contribution in [0.2, 0.25) is 0 Å². The van der Waals surface area contributed by atoms with Crippen LogP contribution < -0.4 is 0 Å². The second kappa shape index (κ2) is 8.19. The summed E-state index contributed by atoms with van der Waals surface area (Å²) in [5, 5.41) is 22.2. The first kappa shape index (κ1) is 20.8. The van der Waals surface area contributed by atoms with Crippen molar-refractivity contribution in [3.05, 3.63) is 79.4 Å². The number of carbonyl (C=O) groups is 2. The molecule has 2 aromatic carbocycles. The number of halogens is 2. The number of hydrogen-bond acceptors (Lipinski definition) is 6. The number of rotatable bonds is 4. The molecule has 10 nitrogen and oxygen atoms in total. The molecule has 1 heterocycles. The Bertz CT molecular complexity index is 969. The number of nitrogens with zero attached hydrogens (tertiary/aromatic N) is 4. The molecule has 1 saturated heterocycles. The molecule has 12 heteroatoms. The number of carbonyl (C=O) groups excluding carboxylic acids is 2. The summed E-state index contributed by atoms with van der Waals surface area (Å²) in [4.78, 5) is 48.3. The van der Waals surface area contributed by atoms with Gasteiger partial charge in [-0.05, 0) is 24.3 Å². The van der Waals surface area contributed by atoms with Crippen LogP contribution in [0.15, 0.2) is 36.4 Å². The Hall–Kier alpha value is -3.96. The molecule has 1 aliphatic heterocycles. The van der Waals surface area contributed by atoms with E-state index in [-0.39, 0.29) is 37.3 Å². The van der Waals surface area contributed by atoms with E-state index in [1.165, 1.54) is 9.80 Å². The van der Waals surface area contributed by atoms with Gasteiger partial charge in [0, 0.05) is 26.2 Å². The highest BCUT2D eigenvalue weighted by Crippen LogP contribution is 2.24. The lowest BCUT2D eigenvalue weighted by Gasteiger charge is -2.34. The molecule has 3 rings (SSSR count). The molecule has 0 N–H and O–H groups in total. The molecule has 1 aliphatic rings. The SMILES string of the molecule is O=C(c1ccc(F)cc1[N+](=O)[O-])N1CCN(C(=O)c2ccc(F)cc2[N+](=O)[O-])CC1. The summed E-state index contributed by atoms with van der Waals surface area (Å²) in [6.07, 6.45) is 0. The van der Waals surface area contributed by atoms with Crippen molar-refractivity contribution in [1.29, 1.82) is 0 Å². The van der Waals surface area contributed by atoms with Crippen molar-refractivity contribution in [1.82, 2.24) is 9.80 Å². The van der Waals surface area contributed by atoms with Gasteiger partial charge in [-0.2, -0.15) is 0 Å². The van der Waals surface area contributed by atoms with Crippen LogP contribution in [0.3, 0.4) is 0 Å². The summed E-state index contributed by atoms with van der Waals surface area (Å²) >= 11 is 0. The molecular weight excluding hydrogens is 406 g/mol. The van der Waals surface area contributed by atoms with E-state index in [9.17, 15) is 38.6 Å². The molecule has 0 unspecified atom stereocenters. The van der Waals surface area contributed by atoms with Crippen LogP contribution in [0.1, 0.15) is 20.7 Å². The monoisotopic (exact) mass is 420 g/mol. The number of nitro benzene ring substituents is 2. The molecule has 156 valence electrons. The van der Waals surface area contributed by atoms with Crippen LogP contribution in [0.4, 0.5) is 20.2 Å². The minimum atomic E-state index is -0.857. The highest BCUT2D eigenvalue weighted by Gasteiger charge is 2.31. The zero-order chi connectivity index (χ0) is 22.0. The summed E-state index contributed by atoms with van der Waals surface area (Å²) in [6, 6.07) is 5.23. The molecular formula is C18H14F2N4O6. The summed E-state index contributed by atoms with van der Waals surface area (Å²) in [6.45, 7) is 0.0321. The standard InChI is InChI=1S/C18H14F2N4O6/c19-11-1-3-13(15(9-11)23(27)28)17(25)21-5-7-22(8-6-21)18(26)14-4-2-12(20)10-16(14)24(29)30/h1-4,9-10H,5-8H2. The van der Waals surface area contributed by atoms with Crippen LogP contribution in [0, 0.1) is 31.9 Å². The molecule has 0 spiro atoms. The van der Waals surface area contributed by atoms with Crippen molar-refractivity contribution in [3.8, 4) is 0 Å². The third-order valence-electron chi connectivity index (χ3n) is 4.63. The third kappa shape index (κ3) is 4.06. The largest absolute Gasteiger partial charge is 0.335 e. The number of hydrogen-bond donors (Lipinski definition) is 0. The molecule has 0 atom stereocenters. The van der Waals surface area contributed by atoms with Gasteiger partial charge in [-0.1, -0.05) is 0 Å². The lowest BCUT2D eigenvalue weighted by atomic mass is 10.1. The lowest BCUT2D eigenvalue weighted by Crippen LogP contribution is -2.50. The Balaban J connectivity index is 1.74. The van der Waals surface area contributed by atoms with E-state index in [2.05, 4.69) is 0 Å².